The summed E-state index contributed by atoms with van der Waals surface area (Å²) < 4.78 is 22.4. The van der Waals surface area contributed by atoms with E-state index in [1.54, 1.807) is 23.9 Å². The second kappa shape index (κ2) is 9.60. The van der Waals surface area contributed by atoms with Crippen molar-refractivity contribution < 1.29 is 13.2 Å². The maximum absolute atomic E-state index is 11.8. The van der Waals surface area contributed by atoms with E-state index in [0.29, 0.717) is 19.4 Å². The topological polar surface area (TPSA) is 89.3 Å². The summed E-state index contributed by atoms with van der Waals surface area (Å²) in [4.78, 5) is 13.1. The Balaban J connectivity index is 1.62. The number of carbonyl (C=O) groups excluding carboxylic acids is 1. The Morgan fingerprint density at radius 1 is 1.04 bits per heavy atom. The van der Waals surface area contributed by atoms with Crippen molar-refractivity contribution in [2.45, 2.75) is 29.1 Å². The zero-order valence-electron chi connectivity index (χ0n) is 13.9. The highest BCUT2D eigenvalue weighted by molar-refractivity contribution is 7.99. The summed E-state index contributed by atoms with van der Waals surface area (Å²) in [5.74, 6) is 0.946. The van der Waals surface area contributed by atoms with Gasteiger partial charge in [0.1, 0.15) is 0 Å². The molecule has 0 aliphatic heterocycles. The number of hydrogen-bond donors (Lipinski definition) is 2. The lowest BCUT2D eigenvalue weighted by Gasteiger charge is -2.06. The number of carbonyl (C=O) groups is 1. The average molecular weight is 379 g/mol. The predicted molar refractivity (Wildman–Crippen MR) is 101 cm³/mol. The summed E-state index contributed by atoms with van der Waals surface area (Å²) in [6.07, 6.45) is 1.98. The summed E-state index contributed by atoms with van der Waals surface area (Å²) in [5, 5.41) is 7.94. The fraction of sp³-hybridized carbons (Fsp3) is 0.278. The van der Waals surface area contributed by atoms with Crippen LogP contribution in [0.4, 0.5) is 0 Å². The molecule has 0 atom stereocenters. The van der Waals surface area contributed by atoms with Crippen molar-refractivity contribution in [3.63, 3.8) is 0 Å². The van der Waals surface area contributed by atoms with Gasteiger partial charge < -0.3 is 5.32 Å². The van der Waals surface area contributed by atoms with E-state index in [0.717, 1.165) is 17.7 Å². The number of nitrogens with one attached hydrogen (secondary N) is 1. The summed E-state index contributed by atoms with van der Waals surface area (Å²) in [7, 11) is -3.66. The van der Waals surface area contributed by atoms with Crippen LogP contribution in [0.3, 0.4) is 0 Å². The Bertz CT molecular complexity index is 776. The second-order valence-corrected chi connectivity index (χ2v) is 8.28. The molecule has 2 rings (SSSR count). The lowest BCUT2D eigenvalue weighted by molar-refractivity contribution is -0.121. The first-order valence-corrected chi connectivity index (χ1v) is 10.5. The molecular formula is C18H22N2O3S2. The van der Waals surface area contributed by atoms with Crippen LogP contribution in [0.2, 0.25) is 0 Å². The maximum atomic E-state index is 11.8. The maximum Gasteiger partial charge on any atom is 0.238 e. The molecule has 2 aromatic carbocycles. The number of sulfonamides is 1. The lowest BCUT2D eigenvalue weighted by Crippen LogP contribution is -2.25. The van der Waals surface area contributed by atoms with Gasteiger partial charge in [-0.05, 0) is 48.4 Å². The Morgan fingerprint density at radius 3 is 2.36 bits per heavy atom. The zero-order chi connectivity index (χ0) is 18.1. The highest BCUT2D eigenvalue weighted by Gasteiger charge is 2.07. The fourth-order valence-electron chi connectivity index (χ4n) is 2.22. The van der Waals surface area contributed by atoms with Gasteiger partial charge in [-0.2, -0.15) is 0 Å². The van der Waals surface area contributed by atoms with E-state index < -0.39 is 10.0 Å². The van der Waals surface area contributed by atoms with Gasteiger partial charge in [0.2, 0.25) is 15.9 Å². The number of benzene rings is 2. The molecule has 0 saturated heterocycles. The van der Waals surface area contributed by atoms with Crippen molar-refractivity contribution in [2.75, 3.05) is 12.3 Å². The first-order chi connectivity index (χ1) is 11.9. The smallest absolute Gasteiger partial charge is 0.238 e. The SMILES string of the molecule is NS(=O)(=O)c1ccc(CCNC(=O)CCCSc2ccccc2)cc1. The van der Waals surface area contributed by atoms with Crippen LogP contribution in [0.25, 0.3) is 0 Å². The predicted octanol–water partition coefficient (Wildman–Crippen LogP) is 2.57. The molecule has 1 amide bonds. The minimum Gasteiger partial charge on any atom is -0.356 e. The Morgan fingerprint density at radius 2 is 1.72 bits per heavy atom. The second-order valence-electron chi connectivity index (χ2n) is 5.55. The van der Waals surface area contributed by atoms with E-state index in [9.17, 15) is 13.2 Å². The van der Waals surface area contributed by atoms with E-state index in [1.165, 1.54) is 17.0 Å². The first-order valence-electron chi connectivity index (χ1n) is 8.01. The third kappa shape index (κ3) is 7.29. The van der Waals surface area contributed by atoms with Crippen molar-refractivity contribution in [1.29, 1.82) is 0 Å². The molecule has 0 aromatic heterocycles. The molecule has 7 heteroatoms. The third-order valence-corrected chi connectivity index (χ3v) is 5.58. The van der Waals surface area contributed by atoms with Gasteiger partial charge in [0.15, 0.2) is 0 Å². The van der Waals surface area contributed by atoms with Crippen LogP contribution in [-0.4, -0.2) is 26.6 Å². The van der Waals surface area contributed by atoms with Crippen LogP contribution in [0, 0.1) is 0 Å². The largest absolute Gasteiger partial charge is 0.356 e. The van der Waals surface area contributed by atoms with E-state index in [2.05, 4.69) is 17.4 Å². The quantitative estimate of drug-likeness (QED) is 0.518. The van der Waals surface area contributed by atoms with Crippen LogP contribution >= 0.6 is 11.8 Å². The molecule has 0 aliphatic carbocycles. The molecule has 0 spiro atoms. The molecule has 5 nitrogen and oxygen atoms in total. The van der Waals surface area contributed by atoms with Gasteiger partial charge in [-0.25, -0.2) is 13.6 Å². The van der Waals surface area contributed by atoms with Gasteiger partial charge >= 0.3 is 0 Å². The first kappa shape index (κ1) is 19.5. The van der Waals surface area contributed by atoms with Crippen molar-refractivity contribution in [2.24, 2.45) is 5.14 Å². The number of amides is 1. The molecule has 134 valence electrons. The van der Waals surface area contributed by atoms with Gasteiger partial charge in [0.25, 0.3) is 0 Å². The van der Waals surface area contributed by atoms with Crippen LogP contribution in [-0.2, 0) is 21.2 Å². The number of rotatable bonds is 9. The fourth-order valence-corrected chi connectivity index (χ4v) is 3.61. The molecule has 0 unspecified atom stereocenters. The van der Waals surface area contributed by atoms with E-state index in [-0.39, 0.29) is 10.8 Å². The highest BCUT2D eigenvalue weighted by atomic mass is 32.2. The highest BCUT2D eigenvalue weighted by Crippen LogP contribution is 2.18. The van der Waals surface area contributed by atoms with Crippen LogP contribution in [0.15, 0.2) is 64.4 Å². The molecule has 25 heavy (non-hydrogen) atoms. The number of primary sulfonamides is 1. The van der Waals surface area contributed by atoms with Crippen molar-refractivity contribution in [1.82, 2.24) is 5.32 Å². The van der Waals surface area contributed by atoms with Gasteiger partial charge in [-0.15, -0.1) is 11.8 Å². The number of nitrogens with two attached hydrogens (primary N) is 1. The minimum atomic E-state index is -3.66. The Hall–Kier alpha value is -1.83. The van der Waals surface area contributed by atoms with Crippen LogP contribution in [0.1, 0.15) is 18.4 Å². The summed E-state index contributed by atoms with van der Waals surface area (Å²) in [6.45, 7) is 0.527. The Labute approximate surface area is 153 Å². The zero-order valence-corrected chi connectivity index (χ0v) is 15.5. The van der Waals surface area contributed by atoms with Crippen LogP contribution < -0.4 is 10.5 Å². The summed E-state index contributed by atoms with van der Waals surface area (Å²) in [6, 6.07) is 16.5. The van der Waals surface area contributed by atoms with E-state index in [1.807, 2.05) is 18.2 Å². The molecule has 0 saturated carbocycles. The van der Waals surface area contributed by atoms with Crippen molar-refractivity contribution in [3.8, 4) is 0 Å². The molecule has 3 N–H and O–H groups in total. The normalized spacial score (nSPS) is 11.2. The monoisotopic (exact) mass is 378 g/mol. The van der Waals surface area contributed by atoms with Gasteiger partial charge in [0, 0.05) is 17.9 Å². The molecule has 0 fully saturated rings. The van der Waals surface area contributed by atoms with Gasteiger partial charge in [-0.3, -0.25) is 4.79 Å². The molecule has 2 aromatic rings. The lowest BCUT2D eigenvalue weighted by atomic mass is 10.1. The molecule has 0 aliphatic rings. The standard InChI is InChI=1S/C18H22N2O3S2/c19-25(22,23)17-10-8-15(9-11-17)12-13-20-18(21)7-4-14-24-16-5-2-1-3-6-16/h1-3,5-6,8-11H,4,7,12-14H2,(H,20,21)(H2,19,22,23). The Kier molecular flexibility index (Phi) is 7.49. The van der Waals surface area contributed by atoms with Crippen LogP contribution in [0.5, 0.6) is 0 Å². The van der Waals surface area contributed by atoms with Gasteiger partial charge in [-0.1, -0.05) is 30.3 Å². The average Bonchev–Trinajstić information content (AvgIpc) is 2.59. The number of thioether (sulfide) groups is 1. The van der Waals surface area contributed by atoms with Crippen molar-refractivity contribution in [3.05, 3.63) is 60.2 Å². The van der Waals surface area contributed by atoms with E-state index >= 15 is 0 Å². The molecule has 0 radical (unpaired) electrons. The molecular weight excluding hydrogens is 356 g/mol. The summed E-state index contributed by atoms with van der Waals surface area (Å²) >= 11 is 1.75. The minimum absolute atomic E-state index is 0.0369. The van der Waals surface area contributed by atoms with Gasteiger partial charge in [0.05, 0.1) is 4.90 Å². The number of hydrogen-bond acceptors (Lipinski definition) is 4. The van der Waals surface area contributed by atoms with Crippen molar-refractivity contribution >= 4 is 27.7 Å². The molecule has 0 bridgehead atoms. The molecule has 0 heterocycles. The summed E-state index contributed by atoms with van der Waals surface area (Å²) in [5.41, 5.74) is 0.951. The van der Waals surface area contributed by atoms with E-state index in [4.69, 9.17) is 5.14 Å². The third-order valence-electron chi connectivity index (χ3n) is 3.55.